The topological polar surface area (TPSA) is 75.7 Å². The van der Waals surface area contributed by atoms with E-state index in [4.69, 9.17) is 0 Å². The van der Waals surface area contributed by atoms with Crippen LogP contribution in [0.1, 0.15) is 17.2 Å². The number of hydrogen-bond acceptors (Lipinski definition) is 4. The van der Waals surface area contributed by atoms with Gasteiger partial charge >= 0.3 is 0 Å². The Labute approximate surface area is 117 Å². The minimum Gasteiger partial charge on any atom is -0.263 e. The zero-order valence-electron chi connectivity index (χ0n) is 10.9. The van der Waals surface area contributed by atoms with Crippen molar-refractivity contribution in [1.29, 1.82) is 0 Å². The maximum absolute atomic E-state index is 11.3. The molecule has 2 heterocycles. The zero-order chi connectivity index (χ0) is 14.0. The summed E-state index contributed by atoms with van der Waals surface area (Å²) in [6, 6.07) is 10.0. The molecule has 0 spiro atoms. The van der Waals surface area contributed by atoms with E-state index in [1.807, 2.05) is 30.3 Å². The van der Waals surface area contributed by atoms with Crippen LogP contribution in [-0.4, -0.2) is 29.4 Å². The van der Waals surface area contributed by atoms with Gasteiger partial charge in [0.05, 0.1) is 5.75 Å². The second-order valence-corrected chi connectivity index (χ2v) is 6.91. The van der Waals surface area contributed by atoms with Gasteiger partial charge in [-0.2, -0.15) is 5.10 Å². The fourth-order valence-corrected chi connectivity index (χ4v) is 3.69. The van der Waals surface area contributed by atoms with Crippen LogP contribution in [-0.2, 0) is 22.7 Å². The van der Waals surface area contributed by atoms with Crippen LogP contribution in [0.25, 0.3) is 0 Å². The van der Waals surface area contributed by atoms with Gasteiger partial charge in [-0.25, -0.2) is 13.4 Å². The molecule has 0 unspecified atom stereocenters. The van der Waals surface area contributed by atoms with Gasteiger partial charge in [0, 0.05) is 18.2 Å². The quantitative estimate of drug-likeness (QED) is 0.925. The molecule has 6 heteroatoms. The maximum Gasteiger partial charge on any atom is 0.171 e. The Kier molecular flexibility index (Phi) is 3.40. The van der Waals surface area contributed by atoms with Gasteiger partial charge in [-0.3, -0.25) is 5.10 Å². The molecule has 5 nitrogen and oxygen atoms in total. The van der Waals surface area contributed by atoms with Gasteiger partial charge in [-0.1, -0.05) is 36.4 Å². The number of aromatic nitrogens is 3. The van der Waals surface area contributed by atoms with Crippen LogP contribution >= 0.6 is 0 Å². The summed E-state index contributed by atoms with van der Waals surface area (Å²) in [4.78, 5) is 4.42. The third-order valence-corrected chi connectivity index (χ3v) is 4.71. The fraction of sp³-hybridized carbons (Fsp3) is 0.286. The smallest absolute Gasteiger partial charge is 0.171 e. The van der Waals surface area contributed by atoms with Crippen LogP contribution in [0.2, 0.25) is 0 Å². The average Bonchev–Trinajstić information content (AvgIpc) is 2.98. The monoisotopic (exact) mass is 289 g/mol. The number of sulfone groups is 1. The Balaban J connectivity index is 1.64. The zero-order valence-corrected chi connectivity index (χ0v) is 11.7. The van der Waals surface area contributed by atoms with Gasteiger partial charge < -0.3 is 0 Å². The molecule has 20 heavy (non-hydrogen) atoms. The highest BCUT2D eigenvalue weighted by molar-refractivity contribution is 7.94. The molecule has 0 bridgehead atoms. The lowest BCUT2D eigenvalue weighted by Crippen LogP contribution is -2.09. The number of rotatable bonds is 4. The summed E-state index contributed by atoms with van der Waals surface area (Å²) in [7, 11) is -3.00. The lowest BCUT2D eigenvalue weighted by atomic mass is 10.1. The summed E-state index contributed by atoms with van der Waals surface area (Å²) in [6.07, 6.45) is 2.98. The van der Waals surface area contributed by atoms with Crippen molar-refractivity contribution in [1.82, 2.24) is 15.2 Å². The summed E-state index contributed by atoms with van der Waals surface area (Å²) in [5, 5.41) is 8.36. The van der Waals surface area contributed by atoms with Crippen molar-refractivity contribution in [3.05, 3.63) is 59.0 Å². The molecule has 0 radical (unpaired) electrons. The molecule has 2 aromatic rings. The van der Waals surface area contributed by atoms with Gasteiger partial charge in [-0.15, -0.1) is 0 Å². The molecule has 0 saturated heterocycles. The first-order valence-corrected chi connectivity index (χ1v) is 8.17. The highest BCUT2D eigenvalue weighted by Crippen LogP contribution is 2.18. The van der Waals surface area contributed by atoms with Crippen molar-refractivity contribution in [3.63, 3.8) is 0 Å². The van der Waals surface area contributed by atoms with Crippen LogP contribution in [0.4, 0.5) is 0 Å². The minimum atomic E-state index is -3.00. The minimum absolute atomic E-state index is 0.0135. The molecule has 0 aliphatic carbocycles. The van der Waals surface area contributed by atoms with Gasteiger partial charge in [0.1, 0.15) is 5.82 Å². The third-order valence-electron chi connectivity index (χ3n) is 3.24. The van der Waals surface area contributed by atoms with E-state index < -0.39 is 9.84 Å². The Morgan fingerprint density at radius 3 is 2.75 bits per heavy atom. The van der Waals surface area contributed by atoms with E-state index in [0.717, 1.165) is 5.82 Å². The van der Waals surface area contributed by atoms with E-state index in [2.05, 4.69) is 15.2 Å². The van der Waals surface area contributed by atoms with Crippen molar-refractivity contribution >= 4 is 9.84 Å². The van der Waals surface area contributed by atoms with E-state index in [0.29, 0.717) is 18.7 Å². The summed E-state index contributed by atoms with van der Waals surface area (Å²) in [5.41, 5.74) is 1.17. The second kappa shape index (κ2) is 5.20. The second-order valence-electron chi connectivity index (χ2n) is 4.98. The van der Waals surface area contributed by atoms with E-state index >= 15 is 0 Å². The predicted molar refractivity (Wildman–Crippen MR) is 75.8 cm³/mol. The largest absolute Gasteiger partial charge is 0.263 e. The number of allylic oxidation sites excluding steroid dienone is 1. The van der Waals surface area contributed by atoms with Crippen molar-refractivity contribution < 1.29 is 8.42 Å². The Hall–Kier alpha value is -1.95. The Bertz CT molecular complexity index is 720. The lowest BCUT2D eigenvalue weighted by molar-refractivity contribution is 0.595. The molecule has 1 aliphatic rings. The van der Waals surface area contributed by atoms with Gasteiger partial charge in [0.15, 0.2) is 15.7 Å². The van der Waals surface area contributed by atoms with Crippen LogP contribution in [0.15, 0.2) is 41.8 Å². The third kappa shape index (κ3) is 3.14. The lowest BCUT2D eigenvalue weighted by Gasteiger charge is -2.01. The first-order valence-electron chi connectivity index (χ1n) is 6.46. The maximum atomic E-state index is 11.3. The highest BCUT2D eigenvalue weighted by atomic mass is 32.2. The fourth-order valence-electron chi connectivity index (χ4n) is 2.30. The molecule has 3 rings (SSSR count). The molecule has 0 saturated carbocycles. The summed E-state index contributed by atoms with van der Waals surface area (Å²) in [6.45, 7) is 0. The molecule has 0 amide bonds. The Morgan fingerprint density at radius 1 is 1.25 bits per heavy atom. The number of H-pyrrole nitrogens is 1. The molecule has 104 valence electrons. The van der Waals surface area contributed by atoms with E-state index in [-0.39, 0.29) is 11.7 Å². The van der Waals surface area contributed by atoms with Gasteiger partial charge in [0.2, 0.25) is 0 Å². The van der Waals surface area contributed by atoms with Crippen molar-refractivity contribution in [3.8, 4) is 0 Å². The van der Waals surface area contributed by atoms with Crippen LogP contribution in [0, 0.1) is 5.92 Å². The molecular formula is C14H15N3O2S. The molecule has 1 N–H and O–H groups in total. The summed E-state index contributed by atoms with van der Waals surface area (Å²) >= 11 is 0. The van der Waals surface area contributed by atoms with Crippen molar-refractivity contribution in [2.24, 2.45) is 5.92 Å². The van der Waals surface area contributed by atoms with Gasteiger partial charge in [0.25, 0.3) is 0 Å². The van der Waals surface area contributed by atoms with Crippen molar-refractivity contribution in [2.75, 3.05) is 5.75 Å². The molecular weight excluding hydrogens is 274 g/mol. The van der Waals surface area contributed by atoms with E-state index in [1.165, 1.54) is 11.0 Å². The van der Waals surface area contributed by atoms with Crippen LogP contribution < -0.4 is 0 Å². The standard InChI is InChI=1S/C14H15N3O2S/c18-20(19)7-6-12(10-20)9-14-15-13(16-17-14)8-11-4-2-1-3-5-11/h1-7,12H,8-10H2,(H,15,16,17)/t12-/m1/s1. The van der Waals surface area contributed by atoms with E-state index in [9.17, 15) is 8.42 Å². The van der Waals surface area contributed by atoms with Gasteiger partial charge in [-0.05, 0) is 11.5 Å². The number of nitrogens with zero attached hydrogens (tertiary/aromatic N) is 2. The summed E-state index contributed by atoms with van der Waals surface area (Å²) in [5.74, 6) is 1.62. The first kappa shape index (κ1) is 13.1. The molecule has 1 aliphatic heterocycles. The Morgan fingerprint density at radius 2 is 2.05 bits per heavy atom. The number of nitrogens with one attached hydrogen (secondary N) is 1. The highest BCUT2D eigenvalue weighted by Gasteiger charge is 2.23. The molecule has 0 fully saturated rings. The molecule has 1 aromatic heterocycles. The number of hydrogen-bond donors (Lipinski definition) is 1. The average molecular weight is 289 g/mol. The SMILES string of the molecule is O=S1(=O)C=C[C@H](Cc2n[nH]c(Cc3ccccc3)n2)C1. The number of aromatic amines is 1. The van der Waals surface area contributed by atoms with E-state index in [1.54, 1.807) is 6.08 Å². The summed E-state index contributed by atoms with van der Waals surface area (Å²) < 4.78 is 22.7. The first-order chi connectivity index (χ1) is 9.61. The predicted octanol–water partition coefficient (Wildman–Crippen LogP) is 1.50. The number of benzene rings is 1. The van der Waals surface area contributed by atoms with Crippen LogP contribution in [0.5, 0.6) is 0 Å². The van der Waals surface area contributed by atoms with Crippen LogP contribution in [0.3, 0.4) is 0 Å². The van der Waals surface area contributed by atoms with Crippen molar-refractivity contribution in [2.45, 2.75) is 12.8 Å². The molecule has 1 aromatic carbocycles. The normalized spacial score (nSPS) is 20.3. The molecule has 1 atom stereocenters.